The number of methoxy groups -OCH3 is 1. The molecule has 0 saturated heterocycles. The second-order valence-corrected chi connectivity index (χ2v) is 4.86. The molecule has 0 spiro atoms. The van der Waals surface area contributed by atoms with E-state index in [1.54, 1.807) is 0 Å². The number of Topliss-reactive ketones (excluding diaryl/α,β-unsaturated/α-hetero) is 1. The maximum atomic E-state index is 11.9. The zero-order valence-corrected chi connectivity index (χ0v) is 12.0. The van der Waals surface area contributed by atoms with E-state index in [4.69, 9.17) is 0 Å². The Morgan fingerprint density at radius 2 is 1.48 bits per heavy atom. The molecule has 0 unspecified atom stereocenters. The molecule has 108 valence electrons. The van der Waals surface area contributed by atoms with Crippen LogP contribution >= 0.6 is 0 Å². The first-order valence-corrected chi connectivity index (χ1v) is 6.92. The number of ether oxygens (including phenoxy) is 1. The highest BCUT2D eigenvalue weighted by atomic mass is 16.5. The molecular formula is C18H18O3. The molecule has 0 aliphatic rings. The van der Waals surface area contributed by atoms with Gasteiger partial charge in [0.15, 0.2) is 5.78 Å². The third-order valence-corrected chi connectivity index (χ3v) is 3.31. The lowest BCUT2D eigenvalue weighted by Crippen LogP contribution is -2.06. The first kappa shape index (κ1) is 15.0. The first-order valence-electron chi connectivity index (χ1n) is 6.92. The smallest absolute Gasteiger partial charge is 0.305 e. The van der Waals surface area contributed by atoms with Gasteiger partial charge in [-0.25, -0.2) is 0 Å². The lowest BCUT2D eigenvalue weighted by atomic mass is 10.0. The molecule has 0 fully saturated rings. The molecule has 0 heterocycles. The summed E-state index contributed by atoms with van der Waals surface area (Å²) in [5.74, 6) is -0.393. The predicted molar refractivity (Wildman–Crippen MR) is 81.3 cm³/mol. The van der Waals surface area contributed by atoms with Crippen molar-refractivity contribution in [2.24, 2.45) is 0 Å². The maximum Gasteiger partial charge on any atom is 0.305 e. The molecule has 0 aromatic heterocycles. The van der Waals surface area contributed by atoms with Crippen LogP contribution in [0.4, 0.5) is 0 Å². The molecule has 0 amide bonds. The number of benzene rings is 2. The van der Waals surface area contributed by atoms with E-state index in [0.29, 0.717) is 5.56 Å². The normalized spacial score (nSPS) is 10.1. The highest BCUT2D eigenvalue weighted by Gasteiger charge is 2.09. The topological polar surface area (TPSA) is 43.4 Å². The highest BCUT2D eigenvalue weighted by molar-refractivity contribution is 5.97. The van der Waals surface area contributed by atoms with Crippen LogP contribution in [0.1, 0.15) is 34.3 Å². The van der Waals surface area contributed by atoms with Crippen molar-refractivity contribution in [1.82, 2.24) is 0 Å². The van der Waals surface area contributed by atoms with Crippen LogP contribution in [0.15, 0.2) is 54.6 Å². The van der Waals surface area contributed by atoms with E-state index >= 15 is 0 Å². The fraction of sp³-hybridized carbons (Fsp3) is 0.222. The Morgan fingerprint density at radius 1 is 0.857 bits per heavy atom. The summed E-state index contributed by atoms with van der Waals surface area (Å²) in [7, 11) is 1.32. The molecule has 0 aliphatic carbocycles. The van der Waals surface area contributed by atoms with Crippen molar-refractivity contribution < 1.29 is 14.3 Å². The lowest BCUT2D eigenvalue weighted by molar-refractivity contribution is -0.140. The standard InChI is InChI=1S/C18H18O3/c1-21-18(20)12-11-17(19)16-9-7-15(8-10-16)13-14-5-3-2-4-6-14/h2-10H,11-13H2,1H3. The fourth-order valence-corrected chi connectivity index (χ4v) is 2.10. The molecule has 0 bridgehead atoms. The number of rotatable bonds is 6. The Labute approximate surface area is 124 Å². The van der Waals surface area contributed by atoms with Crippen LogP contribution < -0.4 is 0 Å². The summed E-state index contributed by atoms with van der Waals surface area (Å²) < 4.78 is 4.53. The van der Waals surface area contributed by atoms with E-state index in [0.717, 1.165) is 12.0 Å². The van der Waals surface area contributed by atoms with Gasteiger partial charge < -0.3 is 4.74 Å². The van der Waals surface area contributed by atoms with Gasteiger partial charge in [-0.1, -0.05) is 54.6 Å². The summed E-state index contributed by atoms with van der Waals surface area (Å²) in [5.41, 5.74) is 3.03. The predicted octanol–water partition coefficient (Wildman–Crippen LogP) is 3.41. The Hall–Kier alpha value is -2.42. The third kappa shape index (κ3) is 4.56. The van der Waals surface area contributed by atoms with Gasteiger partial charge in [0.1, 0.15) is 0 Å². The van der Waals surface area contributed by atoms with Crippen molar-refractivity contribution in [3.63, 3.8) is 0 Å². The summed E-state index contributed by atoms with van der Waals surface area (Å²) in [5, 5.41) is 0. The second-order valence-electron chi connectivity index (χ2n) is 4.86. The Morgan fingerprint density at radius 3 is 2.10 bits per heavy atom. The second kappa shape index (κ2) is 7.39. The van der Waals surface area contributed by atoms with Crippen molar-refractivity contribution in [3.05, 3.63) is 71.3 Å². The van der Waals surface area contributed by atoms with Crippen LogP contribution in [-0.2, 0) is 16.0 Å². The van der Waals surface area contributed by atoms with Crippen molar-refractivity contribution in [1.29, 1.82) is 0 Å². The highest BCUT2D eigenvalue weighted by Crippen LogP contribution is 2.12. The van der Waals surface area contributed by atoms with Gasteiger partial charge >= 0.3 is 5.97 Å². The molecule has 2 aromatic rings. The molecule has 3 nitrogen and oxygen atoms in total. The molecule has 2 rings (SSSR count). The zero-order chi connectivity index (χ0) is 15.1. The van der Waals surface area contributed by atoms with Gasteiger partial charge in [-0.05, 0) is 17.5 Å². The van der Waals surface area contributed by atoms with Crippen molar-refractivity contribution >= 4 is 11.8 Å². The van der Waals surface area contributed by atoms with E-state index in [1.165, 1.54) is 12.7 Å². The largest absolute Gasteiger partial charge is 0.469 e. The lowest BCUT2D eigenvalue weighted by Gasteiger charge is -2.04. The molecule has 0 aliphatic heterocycles. The minimum absolute atomic E-state index is 0.0355. The van der Waals surface area contributed by atoms with Crippen molar-refractivity contribution in [2.75, 3.05) is 7.11 Å². The molecular weight excluding hydrogens is 264 g/mol. The summed E-state index contributed by atoms with van der Waals surface area (Å²) >= 11 is 0. The Bertz CT molecular complexity index is 600. The number of ketones is 1. The number of esters is 1. The van der Waals surface area contributed by atoms with Gasteiger partial charge in [-0.3, -0.25) is 9.59 Å². The Balaban J connectivity index is 1.95. The molecule has 2 aromatic carbocycles. The van der Waals surface area contributed by atoms with Gasteiger partial charge in [0.25, 0.3) is 0 Å². The molecule has 21 heavy (non-hydrogen) atoms. The van der Waals surface area contributed by atoms with Gasteiger partial charge in [-0.15, -0.1) is 0 Å². The zero-order valence-electron chi connectivity index (χ0n) is 12.0. The molecule has 0 saturated carbocycles. The quantitative estimate of drug-likeness (QED) is 0.602. The minimum atomic E-state index is -0.357. The number of hydrogen-bond acceptors (Lipinski definition) is 3. The van der Waals surface area contributed by atoms with Crippen molar-refractivity contribution in [2.45, 2.75) is 19.3 Å². The number of carbonyl (C=O) groups is 2. The van der Waals surface area contributed by atoms with E-state index in [9.17, 15) is 9.59 Å². The molecule has 0 atom stereocenters. The van der Waals surface area contributed by atoms with Crippen LogP contribution in [0.2, 0.25) is 0 Å². The van der Waals surface area contributed by atoms with Gasteiger partial charge in [-0.2, -0.15) is 0 Å². The monoisotopic (exact) mass is 282 g/mol. The molecule has 3 heteroatoms. The van der Waals surface area contributed by atoms with Crippen LogP contribution in [0.5, 0.6) is 0 Å². The fourth-order valence-electron chi connectivity index (χ4n) is 2.10. The summed E-state index contributed by atoms with van der Waals surface area (Å²) in [6.07, 6.45) is 1.16. The van der Waals surface area contributed by atoms with E-state index in [-0.39, 0.29) is 24.6 Å². The van der Waals surface area contributed by atoms with Crippen LogP contribution in [0.25, 0.3) is 0 Å². The number of hydrogen-bond donors (Lipinski definition) is 0. The van der Waals surface area contributed by atoms with Crippen LogP contribution in [0.3, 0.4) is 0 Å². The van der Waals surface area contributed by atoms with E-state index in [1.807, 2.05) is 42.5 Å². The minimum Gasteiger partial charge on any atom is -0.469 e. The van der Waals surface area contributed by atoms with Crippen molar-refractivity contribution in [3.8, 4) is 0 Å². The Kier molecular flexibility index (Phi) is 5.27. The third-order valence-electron chi connectivity index (χ3n) is 3.31. The number of carbonyl (C=O) groups excluding carboxylic acids is 2. The van der Waals surface area contributed by atoms with Gasteiger partial charge in [0, 0.05) is 12.0 Å². The molecule has 0 N–H and O–H groups in total. The average molecular weight is 282 g/mol. The summed E-state index contributed by atoms with van der Waals surface area (Å²) in [4.78, 5) is 23.0. The average Bonchev–Trinajstić information content (AvgIpc) is 2.54. The van der Waals surface area contributed by atoms with Crippen LogP contribution in [0, 0.1) is 0 Å². The SMILES string of the molecule is COC(=O)CCC(=O)c1ccc(Cc2ccccc2)cc1. The first-order chi connectivity index (χ1) is 10.2. The maximum absolute atomic E-state index is 11.9. The van der Waals surface area contributed by atoms with Crippen LogP contribution in [-0.4, -0.2) is 18.9 Å². The van der Waals surface area contributed by atoms with Gasteiger partial charge in [0.05, 0.1) is 13.5 Å². The summed E-state index contributed by atoms with van der Waals surface area (Å²) in [6.45, 7) is 0. The molecule has 0 radical (unpaired) electrons. The van der Waals surface area contributed by atoms with Gasteiger partial charge in [0.2, 0.25) is 0 Å². The van der Waals surface area contributed by atoms with E-state index in [2.05, 4.69) is 16.9 Å². The summed E-state index contributed by atoms with van der Waals surface area (Å²) in [6, 6.07) is 17.7. The van der Waals surface area contributed by atoms with E-state index < -0.39 is 0 Å².